The molecule has 0 bridgehead atoms. The lowest BCUT2D eigenvalue weighted by Gasteiger charge is -2.10. The first-order chi connectivity index (χ1) is 6.69. The number of aliphatic hydroxyl groups excluding tert-OH is 1. The number of phenolic OH excluding ortho intramolecular Hbond substituents is 1. The third-order valence-electron chi connectivity index (χ3n) is 2.03. The number of aliphatic hydroxyl groups is 1. The first kappa shape index (κ1) is 11.0. The zero-order valence-corrected chi connectivity index (χ0v) is 8.10. The molecule has 1 aromatic carbocycles. The van der Waals surface area contributed by atoms with Gasteiger partial charge in [-0.2, -0.15) is 0 Å². The SMILES string of the molecule is COCc1ccc(C(N)CO)cc1O. The minimum atomic E-state index is -0.447. The topological polar surface area (TPSA) is 75.7 Å². The minimum absolute atomic E-state index is 0.136. The molecule has 0 amide bonds. The zero-order chi connectivity index (χ0) is 10.6. The van der Waals surface area contributed by atoms with Crippen molar-refractivity contribution < 1.29 is 14.9 Å². The van der Waals surface area contributed by atoms with Crippen molar-refractivity contribution in [3.05, 3.63) is 29.3 Å². The lowest BCUT2D eigenvalue weighted by molar-refractivity contribution is 0.182. The summed E-state index contributed by atoms with van der Waals surface area (Å²) in [4.78, 5) is 0. The van der Waals surface area contributed by atoms with E-state index in [0.29, 0.717) is 17.7 Å². The van der Waals surface area contributed by atoms with Crippen LogP contribution in [0.3, 0.4) is 0 Å². The molecule has 14 heavy (non-hydrogen) atoms. The number of phenols is 1. The van der Waals surface area contributed by atoms with Crippen LogP contribution in [-0.2, 0) is 11.3 Å². The summed E-state index contributed by atoms with van der Waals surface area (Å²) in [7, 11) is 1.56. The average molecular weight is 197 g/mol. The minimum Gasteiger partial charge on any atom is -0.508 e. The second kappa shape index (κ2) is 4.95. The van der Waals surface area contributed by atoms with Gasteiger partial charge in [0.2, 0.25) is 0 Å². The summed E-state index contributed by atoms with van der Waals surface area (Å²) >= 11 is 0. The molecule has 0 fully saturated rings. The van der Waals surface area contributed by atoms with Crippen LogP contribution < -0.4 is 5.73 Å². The highest BCUT2D eigenvalue weighted by Gasteiger charge is 2.07. The van der Waals surface area contributed by atoms with E-state index >= 15 is 0 Å². The molecule has 1 atom stereocenters. The van der Waals surface area contributed by atoms with Gasteiger partial charge < -0.3 is 20.7 Å². The molecule has 1 rings (SSSR count). The van der Waals surface area contributed by atoms with E-state index in [-0.39, 0.29) is 12.4 Å². The molecule has 4 N–H and O–H groups in total. The highest BCUT2D eigenvalue weighted by Crippen LogP contribution is 2.22. The first-order valence-electron chi connectivity index (χ1n) is 4.36. The molecule has 78 valence electrons. The number of ether oxygens (including phenoxy) is 1. The Balaban J connectivity index is 2.88. The second-order valence-electron chi connectivity index (χ2n) is 3.11. The maximum Gasteiger partial charge on any atom is 0.121 e. The van der Waals surface area contributed by atoms with Crippen LogP contribution in [0, 0.1) is 0 Å². The van der Waals surface area contributed by atoms with E-state index in [9.17, 15) is 5.11 Å². The van der Waals surface area contributed by atoms with Crippen LogP contribution >= 0.6 is 0 Å². The van der Waals surface area contributed by atoms with Crippen LogP contribution in [0.1, 0.15) is 17.2 Å². The third-order valence-corrected chi connectivity index (χ3v) is 2.03. The summed E-state index contributed by atoms with van der Waals surface area (Å²) in [6.45, 7) is 0.226. The molecule has 0 aliphatic rings. The molecular formula is C10H15NO3. The molecule has 1 aromatic rings. The molecule has 0 aromatic heterocycles. The molecule has 0 aliphatic carbocycles. The van der Waals surface area contributed by atoms with E-state index in [1.54, 1.807) is 25.3 Å². The summed E-state index contributed by atoms with van der Waals surface area (Å²) in [5.74, 6) is 0.147. The Bertz CT molecular complexity index is 301. The van der Waals surface area contributed by atoms with Gasteiger partial charge in [0, 0.05) is 12.7 Å². The Morgan fingerprint density at radius 1 is 1.50 bits per heavy atom. The van der Waals surface area contributed by atoms with Crippen LogP contribution in [0.5, 0.6) is 5.75 Å². The number of methoxy groups -OCH3 is 1. The smallest absolute Gasteiger partial charge is 0.121 e. The molecule has 4 heteroatoms. The number of rotatable bonds is 4. The Hall–Kier alpha value is -1.10. The predicted octanol–water partition coefficient (Wildman–Crippen LogP) is 0.531. The zero-order valence-electron chi connectivity index (χ0n) is 8.10. The van der Waals surface area contributed by atoms with Crippen LogP contribution in [0.4, 0.5) is 0 Å². The number of benzene rings is 1. The molecule has 0 saturated carbocycles. The van der Waals surface area contributed by atoms with Crippen molar-refractivity contribution in [2.75, 3.05) is 13.7 Å². The maximum absolute atomic E-state index is 9.55. The number of hydrogen-bond donors (Lipinski definition) is 3. The van der Waals surface area contributed by atoms with E-state index in [1.165, 1.54) is 0 Å². The molecule has 4 nitrogen and oxygen atoms in total. The molecule has 0 aliphatic heterocycles. The second-order valence-corrected chi connectivity index (χ2v) is 3.11. The molecule has 1 unspecified atom stereocenters. The molecular weight excluding hydrogens is 182 g/mol. The van der Waals surface area contributed by atoms with Crippen molar-refractivity contribution in [3.8, 4) is 5.75 Å². The van der Waals surface area contributed by atoms with Gasteiger partial charge in [-0.15, -0.1) is 0 Å². The van der Waals surface area contributed by atoms with Gasteiger partial charge in [-0.1, -0.05) is 12.1 Å². The Kier molecular flexibility index (Phi) is 3.88. The molecule has 0 saturated heterocycles. The van der Waals surface area contributed by atoms with Gasteiger partial charge in [-0.25, -0.2) is 0 Å². The summed E-state index contributed by atoms with van der Waals surface area (Å²) in [6, 6.07) is 4.62. The Morgan fingerprint density at radius 3 is 2.71 bits per heavy atom. The fourth-order valence-electron chi connectivity index (χ4n) is 1.19. The van der Waals surface area contributed by atoms with E-state index in [2.05, 4.69) is 0 Å². The standard InChI is InChI=1S/C10H15NO3/c1-14-6-8-3-2-7(4-10(8)13)9(11)5-12/h2-4,9,12-13H,5-6,11H2,1H3. The summed E-state index contributed by atoms with van der Waals surface area (Å²) in [5, 5.41) is 18.4. The number of hydrogen-bond acceptors (Lipinski definition) is 4. The van der Waals surface area contributed by atoms with E-state index in [4.69, 9.17) is 15.6 Å². The van der Waals surface area contributed by atoms with Gasteiger partial charge in [0.1, 0.15) is 5.75 Å². The lowest BCUT2D eigenvalue weighted by Crippen LogP contribution is -2.14. The van der Waals surface area contributed by atoms with Gasteiger partial charge >= 0.3 is 0 Å². The van der Waals surface area contributed by atoms with Gasteiger partial charge in [0.05, 0.1) is 19.3 Å². The Labute approximate surface area is 82.9 Å². The first-order valence-corrected chi connectivity index (χ1v) is 4.36. The number of nitrogens with two attached hydrogens (primary N) is 1. The van der Waals surface area contributed by atoms with Crippen molar-refractivity contribution in [1.29, 1.82) is 0 Å². The fourth-order valence-corrected chi connectivity index (χ4v) is 1.19. The predicted molar refractivity (Wildman–Crippen MR) is 52.8 cm³/mol. The van der Waals surface area contributed by atoms with Crippen molar-refractivity contribution in [2.45, 2.75) is 12.6 Å². The van der Waals surface area contributed by atoms with Crippen molar-refractivity contribution in [3.63, 3.8) is 0 Å². The van der Waals surface area contributed by atoms with Crippen molar-refractivity contribution >= 4 is 0 Å². The highest BCUT2D eigenvalue weighted by atomic mass is 16.5. The summed E-state index contributed by atoms with van der Waals surface area (Å²) in [6.07, 6.45) is 0. The van der Waals surface area contributed by atoms with Crippen LogP contribution in [-0.4, -0.2) is 23.9 Å². The van der Waals surface area contributed by atoms with Gasteiger partial charge in [-0.3, -0.25) is 0 Å². The average Bonchev–Trinajstić information content (AvgIpc) is 2.20. The monoisotopic (exact) mass is 197 g/mol. The highest BCUT2D eigenvalue weighted by molar-refractivity contribution is 5.37. The fraction of sp³-hybridized carbons (Fsp3) is 0.400. The third kappa shape index (κ3) is 2.45. The maximum atomic E-state index is 9.55. The van der Waals surface area contributed by atoms with E-state index in [0.717, 1.165) is 0 Å². The van der Waals surface area contributed by atoms with Crippen LogP contribution in [0.15, 0.2) is 18.2 Å². The molecule has 0 heterocycles. The summed E-state index contributed by atoms with van der Waals surface area (Å²) in [5.41, 5.74) is 7.02. The largest absolute Gasteiger partial charge is 0.508 e. The van der Waals surface area contributed by atoms with Gasteiger partial charge in [-0.05, 0) is 11.6 Å². The molecule has 0 radical (unpaired) electrons. The molecule has 0 spiro atoms. The van der Waals surface area contributed by atoms with Gasteiger partial charge in [0.15, 0.2) is 0 Å². The number of aromatic hydroxyl groups is 1. The summed E-state index contributed by atoms with van der Waals surface area (Å²) < 4.78 is 4.89. The van der Waals surface area contributed by atoms with Crippen molar-refractivity contribution in [1.82, 2.24) is 0 Å². The van der Waals surface area contributed by atoms with Gasteiger partial charge in [0.25, 0.3) is 0 Å². The lowest BCUT2D eigenvalue weighted by atomic mass is 10.1. The Morgan fingerprint density at radius 2 is 2.21 bits per heavy atom. The van der Waals surface area contributed by atoms with E-state index in [1.807, 2.05) is 0 Å². The quantitative estimate of drug-likeness (QED) is 0.658. The van der Waals surface area contributed by atoms with Crippen LogP contribution in [0.25, 0.3) is 0 Å². The van der Waals surface area contributed by atoms with Crippen molar-refractivity contribution in [2.24, 2.45) is 5.73 Å². The van der Waals surface area contributed by atoms with Crippen LogP contribution in [0.2, 0.25) is 0 Å². The van der Waals surface area contributed by atoms with E-state index < -0.39 is 6.04 Å². The normalized spacial score (nSPS) is 12.8.